The minimum Gasteiger partial charge on any atom is -0.493 e. The number of hydrogen-bond acceptors (Lipinski definition) is 5. The molecule has 0 aliphatic heterocycles. The fourth-order valence-corrected chi connectivity index (χ4v) is 2.73. The fourth-order valence-electron chi connectivity index (χ4n) is 2.73. The highest BCUT2D eigenvalue weighted by molar-refractivity contribution is 5.93. The summed E-state index contributed by atoms with van der Waals surface area (Å²) in [5.41, 5.74) is 0.505. The average molecular weight is 389 g/mol. The smallest absolute Gasteiger partial charge is 0.387 e. The van der Waals surface area contributed by atoms with Crippen LogP contribution < -0.4 is 15.0 Å². The van der Waals surface area contributed by atoms with Crippen LogP contribution in [0.15, 0.2) is 53.6 Å². The van der Waals surface area contributed by atoms with Crippen molar-refractivity contribution >= 4 is 11.6 Å². The predicted octanol–water partition coefficient (Wildman–Crippen LogP) is 2.58. The first-order chi connectivity index (χ1) is 13.4. The molecule has 0 atom stereocenters. The number of rotatable bonds is 6. The molecule has 7 nitrogen and oxygen atoms in total. The van der Waals surface area contributed by atoms with Crippen molar-refractivity contribution in [3.8, 4) is 11.5 Å². The lowest BCUT2D eigenvalue weighted by Crippen LogP contribution is -2.33. The molecule has 0 unspecified atom stereocenters. The Morgan fingerprint density at radius 3 is 2.75 bits per heavy atom. The summed E-state index contributed by atoms with van der Waals surface area (Å²) in [6, 6.07) is 9.44. The lowest BCUT2D eigenvalue weighted by molar-refractivity contribution is -0.0512. The van der Waals surface area contributed by atoms with Gasteiger partial charge in [0.05, 0.1) is 7.11 Å². The molecule has 0 saturated carbocycles. The molecule has 146 valence electrons. The monoisotopic (exact) mass is 389 g/mol. The maximum Gasteiger partial charge on any atom is 0.387 e. The molecule has 2 aromatic heterocycles. The molecule has 0 bridgehead atoms. The summed E-state index contributed by atoms with van der Waals surface area (Å²) < 4.78 is 35.6. The van der Waals surface area contributed by atoms with E-state index in [0.29, 0.717) is 11.2 Å². The van der Waals surface area contributed by atoms with Crippen molar-refractivity contribution in [2.24, 2.45) is 0 Å². The van der Waals surface area contributed by atoms with Gasteiger partial charge in [0.25, 0.3) is 11.5 Å². The molecule has 1 amide bonds. The summed E-state index contributed by atoms with van der Waals surface area (Å²) >= 11 is 0. The van der Waals surface area contributed by atoms with Crippen LogP contribution in [0.4, 0.5) is 8.78 Å². The van der Waals surface area contributed by atoms with Gasteiger partial charge >= 0.3 is 6.61 Å². The van der Waals surface area contributed by atoms with Crippen molar-refractivity contribution in [2.75, 3.05) is 14.2 Å². The zero-order chi connectivity index (χ0) is 20.3. The number of fused-ring (bicyclic) bond motifs is 1. The van der Waals surface area contributed by atoms with E-state index in [1.165, 1.54) is 54.1 Å². The topological polar surface area (TPSA) is 73.1 Å². The molecule has 28 heavy (non-hydrogen) atoms. The van der Waals surface area contributed by atoms with Gasteiger partial charge in [0.2, 0.25) is 0 Å². The molecule has 0 aliphatic carbocycles. The molecule has 3 rings (SSSR count). The lowest BCUT2D eigenvalue weighted by atomic mass is 10.1. The van der Waals surface area contributed by atoms with E-state index in [-0.39, 0.29) is 23.6 Å². The van der Waals surface area contributed by atoms with Gasteiger partial charge < -0.3 is 14.4 Å². The first-order valence-corrected chi connectivity index (χ1v) is 8.24. The van der Waals surface area contributed by atoms with E-state index in [2.05, 4.69) is 9.72 Å². The van der Waals surface area contributed by atoms with Crippen molar-refractivity contribution in [3.63, 3.8) is 0 Å². The number of ether oxygens (including phenoxy) is 2. The highest BCUT2D eigenvalue weighted by atomic mass is 19.3. The largest absolute Gasteiger partial charge is 0.493 e. The number of carbonyl (C=O) groups excluding carboxylic acids is 1. The Kier molecular flexibility index (Phi) is 5.53. The second-order valence-corrected chi connectivity index (χ2v) is 5.93. The maximum absolute atomic E-state index is 12.7. The van der Waals surface area contributed by atoms with Gasteiger partial charge in [-0.1, -0.05) is 12.1 Å². The number of nitrogens with zero attached hydrogens (tertiary/aromatic N) is 3. The molecule has 0 fully saturated rings. The number of carbonyl (C=O) groups is 1. The number of halogens is 2. The van der Waals surface area contributed by atoms with Crippen molar-refractivity contribution in [2.45, 2.75) is 13.2 Å². The van der Waals surface area contributed by atoms with Crippen molar-refractivity contribution in [3.05, 3.63) is 70.3 Å². The van der Waals surface area contributed by atoms with Crippen LogP contribution in [0.3, 0.4) is 0 Å². The maximum atomic E-state index is 12.7. The molecular formula is C19H17F2N3O4. The average Bonchev–Trinajstić information content (AvgIpc) is 2.68. The molecule has 3 aromatic rings. The highest BCUT2D eigenvalue weighted by Crippen LogP contribution is 2.29. The number of alkyl halides is 2. The third-order valence-electron chi connectivity index (χ3n) is 4.05. The second-order valence-electron chi connectivity index (χ2n) is 5.93. The van der Waals surface area contributed by atoms with Crippen LogP contribution in [0.25, 0.3) is 5.65 Å². The summed E-state index contributed by atoms with van der Waals surface area (Å²) in [5.74, 6) is -0.499. The third-order valence-corrected chi connectivity index (χ3v) is 4.05. The summed E-state index contributed by atoms with van der Waals surface area (Å²) in [6.07, 6.45) is 2.78. The Bertz CT molecular complexity index is 1070. The second kappa shape index (κ2) is 8.03. The SMILES string of the molecule is COc1cc(CN(C)C(=O)c2cnc3ccccn3c2=O)ccc1OC(F)F. The molecule has 0 spiro atoms. The molecular weight excluding hydrogens is 372 g/mol. The fraction of sp³-hybridized carbons (Fsp3) is 0.211. The zero-order valence-electron chi connectivity index (χ0n) is 15.1. The Hall–Kier alpha value is -3.49. The normalized spacial score (nSPS) is 10.9. The molecule has 1 aromatic carbocycles. The number of methoxy groups -OCH3 is 1. The van der Waals surface area contributed by atoms with Crippen molar-refractivity contribution < 1.29 is 23.0 Å². The minimum absolute atomic E-state index is 0.0733. The van der Waals surface area contributed by atoms with Gasteiger partial charge in [0, 0.05) is 26.0 Å². The van der Waals surface area contributed by atoms with Crippen LogP contribution in [0.1, 0.15) is 15.9 Å². The van der Waals surface area contributed by atoms with Gasteiger partial charge in [0.1, 0.15) is 11.2 Å². The van der Waals surface area contributed by atoms with Crippen molar-refractivity contribution in [1.82, 2.24) is 14.3 Å². The molecule has 0 saturated heterocycles. The van der Waals surface area contributed by atoms with Crippen LogP contribution in [-0.4, -0.2) is 41.0 Å². The standard InChI is InChI=1S/C19H17F2N3O4/c1-23(11-12-6-7-14(28-19(20)21)15(9-12)27-2)17(25)13-10-22-16-5-3-4-8-24(16)18(13)26/h3-10,19H,11H2,1-2H3. The quantitative estimate of drug-likeness (QED) is 0.648. The highest BCUT2D eigenvalue weighted by Gasteiger charge is 2.19. The van der Waals surface area contributed by atoms with Crippen LogP contribution in [0.5, 0.6) is 11.5 Å². The Morgan fingerprint density at radius 1 is 1.25 bits per heavy atom. The number of aromatic nitrogens is 2. The number of amides is 1. The lowest BCUT2D eigenvalue weighted by Gasteiger charge is -2.18. The van der Waals surface area contributed by atoms with Gasteiger partial charge in [-0.3, -0.25) is 14.0 Å². The molecule has 0 aliphatic rings. The van der Waals surface area contributed by atoms with E-state index in [9.17, 15) is 18.4 Å². The molecule has 9 heteroatoms. The number of benzene rings is 1. The van der Waals surface area contributed by atoms with Crippen LogP contribution in [0, 0.1) is 0 Å². The van der Waals surface area contributed by atoms with Gasteiger partial charge in [-0.05, 0) is 29.8 Å². The Morgan fingerprint density at radius 2 is 2.04 bits per heavy atom. The molecule has 2 heterocycles. The first kappa shape index (κ1) is 19.3. The molecule has 0 radical (unpaired) electrons. The molecule has 0 N–H and O–H groups in total. The Labute approximate surface area is 158 Å². The van der Waals surface area contributed by atoms with E-state index in [0.717, 1.165) is 0 Å². The van der Waals surface area contributed by atoms with E-state index >= 15 is 0 Å². The van der Waals surface area contributed by atoms with E-state index in [1.54, 1.807) is 18.2 Å². The Balaban J connectivity index is 1.83. The minimum atomic E-state index is -2.97. The van der Waals surface area contributed by atoms with Crippen molar-refractivity contribution in [1.29, 1.82) is 0 Å². The van der Waals surface area contributed by atoms with Crippen LogP contribution in [0.2, 0.25) is 0 Å². The first-order valence-electron chi connectivity index (χ1n) is 8.24. The summed E-state index contributed by atoms with van der Waals surface area (Å²) in [6.45, 7) is -2.85. The van der Waals surface area contributed by atoms with E-state index in [1.807, 2.05) is 0 Å². The van der Waals surface area contributed by atoms with Gasteiger partial charge in [-0.15, -0.1) is 0 Å². The van der Waals surface area contributed by atoms with Gasteiger partial charge in [0.15, 0.2) is 11.5 Å². The van der Waals surface area contributed by atoms with E-state index in [4.69, 9.17) is 4.74 Å². The van der Waals surface area contributed by atoms with E-state index < -0.39 is 18.1 Å². The predicted molar refractivity (Wildman–Crippen MR) is 96.9 cm³/mol. The summed E-state index contributed by atoms with van der Waals surface area (Å²) in [7, 11) is 2.85. The van der Waals surface area contributed by atoms with Gasteiger partial charge in [-0.2, -0.15) is 8.78 Å². The number of hydrogen-bond donors (Lipinski definition) is 0. The number of pyridine rings is 1. The van der Waals surface area contributed by atoms with Crippen LogP contribution in [-0.2, 0) is 6.54 Å². The van der Waals surface area contributed by atoms with Crippen LogP contribution >= 0.6 is 0 Å². The zero-order valence-corrected chi connectivity index (χ0v) is 15.1. The summed E-state index contributed by atoms with van der Waals surface area (Å²) in [4.78, 5) is 30.7. The third kappa shape index (κ3) is 3.93. The summed E-state index contributed by atoms with van der Waals surface area (Å²) in [5, 5.41) is 0. The van der Waals surface area contributed by atoms with Gasteiger partial charge in [-0.25, -0.2) is 4.98 Å².